The van der Waals surface area contributed by atoms with Crippen LogP contribution in [0.25, 0.3) is 0 Å². The zero-order chi connectivity index (χ0) is 13.1. The van der Waals surface area contributed by atoms with E-state index in [9.17, 15) is 13.2 Å². The van der Waals surface area contributed by atoms with Crippen LogP contribution in [-0.2, 0) is 6.54 Å². The fourth-order valence-corrected chi connectivity index (χ4v) is 1.72. The van der Waals surface area contributed by atoms with E-state index in [1.165, 1.54) is 4.90 Å². The minimum absolute atomic E-state index is 0.240. The van der Waals surface area contributed by atoms with E-state index >= 15 is 0 Å². The smallest absolute Gasteiger partial charge is 0.363 e. The fourth-order valence-electron chi connectivity index (χ4n) is 1.72. The highest BCUT2D eigenvalue weighted by atomic mass is 19.4. The summed E-state index contributed by atoms with van der Waals surface area (Å²) in [5.41, 5.74) is 7.79. The van der Waals surface area contributed by atoms with Gasteiger partial charge in [0.05, 0.1) is 0 Å². The summed E-state index contributed by atoms with van der Waals surface area (Å²) < 4.78 is 37.3. The number of nitrogens with zero attached hydrogens (tertiary/aromatic N) is 1. The molecule has 0 amide bonds. The highest BCUT2D eigenvalue weighted by Gasteiger charge is 2.30. The number of benzene rings is 1. The normalized spacial score (nSPS) is 11.6. The van der Waals surface area contributed by atoms with Gasteiger partial charge in [-0.15, -0.1) is 0 Å². The molecule has 1 aromatic carbocycles. The van der Waals surface area contributed by atoms with Gasteiger partial charge in [0.25, 0.3) is 0 Å². The zero-order valence-electron chi connectivity index (χ0n) is 10.0. The third-order valence-electron chi connectivity index (χ3n) is 2.55. The van der Waals surface area contributed by atoms with Crippen LogP contribution in [0.2, 0.25) is 0 Å². The van der Waals surface area contributed by atoms with E-state index in [0.717, 1.165) is 11.1 Å². The lowest BCUT2D eigenvalue weighted by molar-refractivity contribution is -0.119. The molecule has 0 aliphatic heterocycles. The van der Waals surface area contributed by atoms with Crippen molar-refractivity contribution in [2.75, 3.05) is 18.0 Å². The van der Waals surface area contributed by atoms with Crippen LogP contribution < -0.4 is 10.6 Å². The lowest BCUT2D eigenvalue weighted by Gasteiger charge is -2.27. The van der Waals surface area contributed by atoms with Gasteiger partial charge < -0.3 is 10.6 Å². The molecule has 17 heavy (non-hydrogen) atoms. The van der Waals surface area contributed by atoms with Crippen molar-refractivity contribution < 1.29 is 13.2 Å². The molecule has 96 valence electrons. The number of alkyl halides is 3. The molecule has 0 aliphatic carbocycles. The van der Waals surface area contributed by atoms with Gasteiger partial charge in [-0.3, -0.25) is 0 Å². The van der Waals surface area contributed by atoms with E-state index in [-0.39, 0.29) is 6.54 Å². The molecule has 0 bridgehead atoms. The molecule has 0 atom stereocenters. The lowest BCUT2D eigenvalue weighted by Crippen LogP contribution is -2.34. The first-order valence-corrected chi connectivity index (χ1v) is 5.48. The van der Waals surface area contributed by atoms with Crippen LogP contribution in [0.15, 0.2) is 18.2 Å². The van der Waals surface area contributed by atoms with Crippen molar-refractivity contribution in [3.63, 3.8) is 0 Å². The Morgan fingerprint density at radius 3 is 2.41 bits per heavy atom. The summed E-state index contributed by atoms with van der Waals surface area (Å²) in [7, 11) is 0. The minimum Gasteiger partial charge on any atom is -0.363 e. The summed E-state index contributed by atoms with van der Waals surface area (Å²) >= 11 is 0. The van der Waals surface area contributed by atoms with Crippen LogP contribution in [0.4, 0.5) is 18.9 Å². The van der Waals surface area contributed by atoms with Crippen molar-refractivity contribution in [3.8, 4) is 0 Å². The molecule has 0 fully saturated rings. The molecule has 0 radical (unpaired) electrons. The lowest BCUT2D eigenvalue weighted by atomic mass is 10.1. The van der Waals surface area contributed by atoms with Gasteiger partial charge in [-0.05, 0) is 31.0 Å². The van der Waals surface area contributed by atoms with Crippen LogP contribution >= 0.6 is 0 Å². The number of anilines is 1. The first kappa shape index (κ1) is 13.8. The van der Waals surface area contributed by atoms with E-state index in [1.54, 1.807) is 19.1 Å². The monoisotopic (exact) mass is 246 g/mol. The summed E-state index contributed by atoms with van der Waals surface area (Å²) in [6.45, 7) is 3.15. The maximum absolute atomic E-state index is 12.4. The van der Waals surface area contributed by atoms with Gasteiger partial charge in [0.1, 0.15) is 6.54 Å². The van der Waals surface area contributed by atoms with Gasteiger partial charge in [0.15, 0.2) is 0 Å². The van der Waals surface area contributed by atoms with Crippen LogP contribution in [0.5, 0.6) is 0 Å². The molecular weight excluding hydrogens is 229 g/mol. The molecule has 1 aromatic rings. The minimum atomic E-state index is -4.20. The molecule has 5 heteroatoms. The van der Waals surface area contributed by atoms with E-state index in [0.29, 0.717) is 12.2 Å². The van der Waals surface area contributed by atoms with Crippen LogP contribution in [0.3, 0.4) is 0 Å². The molecule has 0 aliphatic rings. The Bertz CT molecular complexity index is 375. The number of nitrogens with two attached hydrogens (primary N) is 1. The third-order valence-corrected chi connectivity index (χ3v) is 2.55. The average molecular weight is 246 g/mol. The predicted octanol–water partition coefficient (Wildman–Crippen LogP) is 2.84. The quantitative estimate of drug-likeness (QED) is 0.885. The Morgan fingerprint density at radius 2 is 1.94 bits per heavy atom. The van der Waals surface area contributed by atoms with Crippen molar-refractivity contribution in [3.05, 3.63) is 29.3 Å². The topological polar surface area (TPSA) is 29.3 Å². The largest absolute Gasteiger partial charge is 0.405 e. The first-order valence-electron chi connectivity index (χ1n) is 5.48. The van der Waals surface area contributed by atoms with Crippen molar-refractivity contribution in [1.82, 2.24) is 0 Å². The van der Waals surface area contributed by atoms with Gasteiger partial charge in [0.2, 0.25) is 0 Å². The van der Waals surface area contributed by atoms with Crippen LogP contribution in [0, 0.1) is 6.92 Å². The van der Waals surface area contributed by atoms with Crippen molar-refractivity contribution in [1.29, 1.82) is 0 Å². The van der Waals surface area contributed by atoms with Crippen LogP contribution in [-0.4, -0.2) is 19.3 Å². The summed E-state index contributed by atoms with van der Waals surface area (Å²) in [5.74, 6) is 0. The molecular formula is C12H17F3N2. The Hall–Kier alpha value is -1.23. The molecule has 0 saturated carbocycles. The second-order valence-electron chi connectivity index (χ2n) is 3.97. The first-order chi connectivity index (χ1) is 7.87. The van der Waals surface area contributed by atoms with E-state index < -0.39 is 12.7 Å². The van der Waals surface area contributed by atoms with E-state index in [1.807, 2.05) is 13.0 Å². The maximum Gasteiger partial charge on any atom is 0.405 e. The van der Waals surface area contributed by atoms with Crippen molar-refractivity contribution >= 4 is 5.69 Å². The SMILES string of the molecule is CCN(CC(F)(F)F)c1cc(C)ccc1CN. The Kier molecular flexibility index (Phi) is 4.40. The molecule has 2 N–H and O–H groups in total. The van der Waals surface area contributed by atoms with Gasteiger partial charge in [-0.1, -0.05) is 12.1 Å². The Morgan fingerprint density at radius 1 is 1.29 bits per heavy atom. The number of hydrogen-bond donors (Lipinski definition) is 1. The average Bonchev–Trinajstić information content (AvgIpc) is 2.24. The van der Waals surface area contributed by atoms with Crippen molar-refractivity contribution in [2.45, 2.75) is 26.6 Å². The second kappa shape index (κ2) is 5.40. The predicted molar refractivity (Wildman–Crippen MR) is 63.0 cm³/mol. The summed E-state index contributed by atoms with van der Waals surface area (Å²) in [5, 5.41) is 0. The zero-order valence-corrected chi connectivity index (χ0v) is 10.0. The summed E-state index contributed by atoms with van der Waals surface area (Å²) in [6, 6.07) is 5.38. The van der Waals surface area contributed by atoms with E-state index in [4.69, 9.17) is 5.73 Å². The second-order valence-corrected chi connectivity index (χ2v) is 3.97. The van der Waals surface area contributed by atoms with Gasteiger partial charge in [0, 0.05) is 18.8 Å². The van der Waals surface area contributed by atoms with Gasteiger partial charge in [-0.2, -0.15) is 13.2 Å². The van der Waals surface area contributed by atoms with E-state index in [2.05, 4.69) is 0 Å². The van der Waals surface area contributed by atoms with Gasteiger partial charge >= 0.3 is 6.18 Å². The van der Waals surface area contributed by atoms with Crippen molar-refractivity contribution in [2.24, 2.45) is 5.73 Å². The molecule has 0 spiro atoms. The maximum atomic E-state index is 12.4. The highest BCUT2D eigenvalue weighted by Crippen LogP contribution is 2.26. The van der Waals surface area contributed by atoms with Gasteiger partial charge in [-0.25, -0.2) is 0 Å². The number of aryl methyl sites for hydroxylation is 1. The van der Waals surface area contributed by atoms with Crippen LogP contribution in [0.1, 0.15) is 18.1 Å². The molecule has 1 rings (SSSR count). The molecule has 2 nitrogen and oxygen atoms in total. The third kappa shape index (κ3) is 3.93. The Balaban J connectivity index is 3.06. The molecule has 0 aromatic heterocycles. The standard InChI is InChI=1S/C12H17F3N2/c1-3-17(8-12(13,14)15)11-6-9(2)4-5-10(11)7-16/h4-6H,3,7-8,16H2,1-2H3. The Labute approximate surface area is 99.2 Å². The molecule has 0 heterocycles. The number of hydrogen-bond acceptors (Lipinski definition) is 2. The summed E-state index contributed by atoms with van der Waals surface area (Å²) in [4.78, 5) is 1.30. The molecule has 0 unspecified atom stereocenters. The number of halogens is 3. The molecule has 0 saturated heterocycles. The summed E-state index contributed by atoms with van der Waals surface area (Å²) in [6.07, 6.45) is -4.20. The fraction of sp³-hybridized carbons (Fsp3) is 0.500. The number of rotatable bonds is 4. The highest BCUT2D eigenvalue weighted by molar-refractivity contribution is 5.55.